The Bertz CT molecular complexity index is 636. The Morgan fingerprint density at radius 2 is 1.52 bits per heavy atom. The van der Waals surface area contributed by atoms with Crippen molar-refractivity contribution in [3.63, 3.8) is 0 Å². The molecule has 108 valence electrons. The molecule has 0 bridgehead atoms. The maximum Gasteiger partial charge on any atom is 0.255 e. The molecular formula is C16H15ClN2O2. The highest BCUT2D eigenvalue weighted by Crippen LogP contribution is 2.13. The standard InChI is InChI=1S/C16H15ClN2O2/c17-10-12-1-5-13(6-2-12)16(21)19-14-7-3-11(4-8-14)9-15(18)20/h1-8H,9-10H2,(H2,18,20)(H,19,21). The third-order valence-electron chi connectivity index (χ3n) is 2.96. The predicted octanol–water partition coefficient (Wildman–Crippen LogP) is 2.71. The molecule has 2 aromatic rings. The van der Waals surface area contributed by atoms with Crippen molar-refractivity contribution in [3.05, 3.63) is 65.2 Å². The molecular weight excluding hydrogens is 288 g/mol. The van der Waals surface area contributed by atoms with Crippen LogP contribution in [0.4, 0.5) is 5.69 Å². The summed E-state index contributed by atoms with van der Waals surface area (Å²) in [4.78, 5) is 22.9. The van der Waals surface area contributed by atoms with Crippen molar-refractivity contribution in [1.82, 2.24) is 0 Å². The van der Waals surface area contributed by atoms with E-state index in [2.05, 4.69) is 5.32 Å². The number of primary amides is 1. The molecule has 0 heterocycles. The lowest BCUT2D eigenvalue weighted by Crippen LogP contribution is -2.14. The van der Waals surface area contributed by atoms with Crippen LogP contribution in [0.3, 0.4) is 0 Å². The summed E-state index contributed by atoms with van der Waals surface area (Å²) in [6.07, 6.45) is 0.189. The number of benzene rings is 2. The highest BCUT2D eigenvalue weighted by molar-refractivity contribution is 6.17. The molecule has 0 atom stereocenters. The van der Waals surface area contributed by atoms with Gasteiger partial charge in [-0.1, -0.05) is 24.3 Å². The summed E-state index contributed by atoms with van der Waals surface area (Å²) in [5.41, 5.74) is 8.12. The number of alkyl halides is 1. The van der Waals surface area contributed by atoms with Crippen LogP contribution in [0.15, 0.2) is 48.5 Å². The van der Waals surface area contributed by atoms with E-state index in [1.807, 2.05) is 12.1 Å². The minimum absolute atomic E-state index is 0.189. The average Bonchev–Trinajstić information content (AvgIpc) is 2.49. The van der Waals surface area contributed by atoms with Gasteiger partial charge in [-0.05, 0) is 35.4 Å². The summed E-state index contributed by atoms with van der Waals surface area (Å²) in [5, 5.41) is 2.79. The normalized spacial score (nSPS) is 10.1. The van der Waals surface area contributed by atoms with Crippen molar-refractivity contribution in [2.45, 2.75) is 12.3 Å². The molecule has 0 fully saturated rings. The SMILES string of the molecule is NC(=O)Cc1ccc(NC(=O)c2ccc(CCl)cc2)cc1. The molecule has 0 radical (unpaired) electrons. The molecule has 5 heteroatoms. The van der Waals surface area contributed by atoms with Crippen LogP contribution in [0.2, 0.25) is 0 Å². The van der Waals surface area contributed by atoms with Crippen LogP contribution in [0.1, 0.15) is 21.5 Å². The number of carbonyl (C=O) groups is 2. The van der Waals surface area contributed by atoms with Gasteiger partial charge in [-0.25, -0.2) is 0 Å². The summed E-state index contributed by atoms with van der Waals surface area (Å²) in [5.74, 6) is -0.159. The van der Waals surface area contributed by atoms with Gasteiger partial charge in [0.05, 0.1) is 6.42 Å². The zero-order valence-electron chi connectivity index (χ0n) is 11.3. The number of nitrogens with one attached hydrogen (secondary N) is 1. The highest BCUT2D eigenvalue weighted by Gasteiger charge is 2.06. The van der Waals surface area contributed by atoms with Crippen LogP contribution in [-0.2, 0) is 17.1 Å². The van der Waals surface area contributed by atoms with E-state index in [4.69, 9.17) is 17.3 Å². The Labute approximate surface area is 127 Å². The zero-order valence-corrected chi connectivity index (χ0v) is 12.1. The molecule has 4 nitrogen and oxygen atoms in total. The Kier molecular flexibility index (Phi) is 4.95. The molecule has 0 saturated heterocycles. The van der Waals surface area contributed by atoms with Crippen LogP contribution in [0.25, 0.3) is 0 Å². The fourth-order valence-corrected chi connectivity index (χ4v) is 2.03. The Balaban J connectivity index is 2.03. The number of hydrogen-bond donors (Lipinski definition) is 2. The van der Waals surface area contributed by atoms with Gasteiger partial charge in [-0.3, -0.25) is 9.59 Å². The maximum atomic E-state index is 12.1. The highest BCUT2D eigenvalue weighted by atomic mass is 35.5. The smallest absolute Gasteiger partial charge is 0.255 e. The van der Waals surface area contributed by atoms with Gasteiger partial charge in [0.2, 0.25) is 5.91 Å². The lowest BCUT2D eigenvalue weighted by molar-refractivity contribution is -0.117. The molecule has 0 aliphatic heterocycles. The van der Waals surface area contributed by atoms with Gasteiger partial charge in [-0.2, -0.15) is 0 Å². The maximum absolute atomic E-state index is 12.1. The first kappa shape index (κ1) is 15.1. The summed E-state index contributed by atoms with van der Waals surface area (Å²) >= 11 is 5.71. The quantitative estimate of drug-likeness (QED) is 0.834. The Morgan fingerprint density at radius 1 is 0.952 bits per heavy atom. The van der Waals surface area contributed by atoms with Crippen molar-refractivity contribution in [1.29, 1.82) is 0 Å². The van der Waals surface area contributed by atoms with Crippen LogP contribution in [0, 0.1) is 0 Å². The van der Waals surface area contributed by atoms with Gasteiger partial charge >= 0.3 is 0 Å². The van der Waals surface area contributed by atoms with Gasteiger partial charge < -0.3 is 11.1 Å². The minimum Gasteiger partial charge on any atom is -0.369 e. The van der Waals surface area contributed by atoms with Gasteiger partial charge in [0.1, 0.15) is 0 Å². The molecule has 2 aromatic carbocycles. The molecule has 2 rings (SSSR count). The van der Waals surface area contributed by atoms with Crippen LogP contribution < -0.4 is 11.1 Å². The number of hydrogen-bond acceptors (Lipinski definition) is 2. The van der Waals surface area contributed by atoms with Crippen molar-refractivity contribution in [2.75, 3.05) is 5.32 Å². The fraction of sp³-hybridized carbons (Fsp3) is 0.125. The fourth-order valence-electron chi connectivity index (χ4n) is 1.86. The lowest BCUT2D eigenvalue weighted by Gasteiger charge is -2.06. The van der Waals surface area contributed by atoms with Crippen molar-refractivity contribution < 1.29 is 9.59 Å². The van der Waals surface area contributed by atoms with E-state index in [0.717, 1.165) is 11.1 Å². The molecule has 0 unspecified atom stereocenters. The van der Waals surface area contributed by atoms with E-state index in [-0.39, 0.29) is 18.2 Å². The lowest BCUT2D eigenvalue weighted by atomic mass is 10.1. The van der Waals surface area contributed by atoms with Crippen molar-refractivity contribution >= 4 is 29.1 Å². The van der Waals surface area contributed by atoms with Crippen LogP contribution in [0.5, 0.6) is 0 Å². The molecule has 0 saturated carbocycles. The first-order valence-corrected chi connectivity index (χ1v) is 6.95. The average molecular weight is 303 g/mol. The third kappa shape index (κ3) is 4.33. The summed E-state index contributed by atoms with van der Waals surface area (Å²) < 4.78 is 0. The van der Waals surface area contributed by atoms with Crippen LogP contribution in [-0.4, -0.2) is 11.8 Å². The second-order valence-corrected chi connectivity index (χ2v) is 4.89. The molecule has 21 heavy (non-hydrogen) atoms. The molecule has 2 amide bonds. The van der Waals surface area contributed by atoms with Gasteiger partial charge in [0.25, 0.3) is 5.91 Å². The van der Waals surface area contributed by atoms with E-state index in [1.165, 1.54) is 0 Å². The zero-order chi connectivity index (χ0) is 15.2. The molecule has 0 spiro atoms. The van der Waals surface area contributed by atoms with E-state index >= 15 is 0 Å². The molecule has 3 N–H and O–H groups in total. The predicted molar refractivity (Wildman–Crippen MR) is 83.3 cm³/mol. The second-order valence-electron chi connectivity index (χ2n) is 4.62. The van der Waals surface area contributed by atoms with E-state index in [9.17, 15) is 9.59 Å². The number of anilines is 1. The van der Waals surface area contributed by atoms with E-state index < -0.39 is 0 Å². The number of halogens is 1. The monoisotopic (exact) mass is 302 g/mol. The molecule has 0 aliphatic carbocycles. The van der Waals surface area contributed by atoms with Gasteiger partial charge in [-0.15, -0.1) is 11.6 Å². The van der Waals surface area contributed by atoms with Gasteiger partial charge in [0.15, 0.2) is 0 Å². The largest absolute Gasteiger partial charge is 0.369 e. The molecule has 0 aliphatic rings. The summed E-state index contributed by atoms with van der Waals surface area (Å²) in [6.45, 7) is 0. The summed E-state index contributed by atoms with van der Waals surface area (Å²) in [6, 6.07) is 14.1. The minimum atomic E-state index is -0.383. The second kappa shape index (κ2) is 6.90. The Hall–Kier alpha value is -2.33. The first-order valence-electron chi connectivity index (χ1n) is 6.42. The number of carbonyl (C=O) groups excluding carboxylic acids is 2. The Morgan fingerprint density at radius 3 is 2.05 bits per heavy atom. The third-order valence-corrected chi connectivity index (χ3v) is 3.27. The van der Waals surface area contributed by atoms with Crippen LogP contribution >= 0.6 is 11.6 Å². The van der Waals surface area contributed by atoms with E-state index in [1.54, 1.807) is 36.4 Å². The number of amides is 2. The summed E-state index contributed by atoms with van der Waals surface area (Å²) in [7, 11) is 0. The van der Waals surface area contributed by atoms with Gasteiger partial charge in [0, 0.05) is 17.1 Å². The van der Waals surface area contributed by atoms with Crippen molar-refractivity contribution in [3.8, 4) is 0 Å². The number of rotatable bonds is 5. The van der Waals surface area contributed by atoms with Crippen molar-refractivity contribution in [2.24, 2.45) is 5.73 Å². The number of nitrogens with two attached hydrogens (primary N) is 1. The topological polar surface area (TPSA) is 72.2 Å². The first-order chi connectivity index (χ1) is 10.1. The molecule has 0 aromatic heterocycles. The van der Waals surface area contributed by atoms with E-state index in [0.29, 0.717) is 17.1 Å².